The van der Waals surface area contributed by atoms with E-state index < -0.39 is 40.8 Å². The van der Waals surface area contributed by atoms with Gasteiger partial charge >= 0.3 is 0 Å². The predicted octanol–water partition coefficient (Wildman–Crippen LogP) is 4.56. The van der Waals surface area contributed by atoms with Crippen molar-refractivity contribution < 1.29 is 22.0 Å². The maximum atomic E-state index is 13.5. The molecule has 0 aliphatic heterocycles. The summed E-state index contributed by atoms with van der Waals surface area (Å²) in [5, 5.41) is 2.37. The summed E-state index contributed by atoms with van der Waals surface area (Å²) in [5.41, 5.74) is -0.685. The van der Waals surface area contributed by atoms with Crippen molar-refractivity contribution in [1.29, 1.82) is 0 Å². The lowest BCUT2D eigenvalue weighted by Crippen LogP contribution is -2.12. The molecule has 0 aliphatic carbocycles. The maximum Gasteiger partial charge on any atom is 0.152 e. The van der Waals surface area contributed by atoms with Crippen LogP contribution < -0.4 is 5.32 Å². The van der Waals surface area contributed by atoms with E-state index in [2.05, 4.69) is 5.32 Å². The van der Waals surface area contributed by atoms with E-state index in [-0.39, 0.29) is 5.56 Å². The van der Waals surface area contributed by atoms with Gasteiger partial charge in [0.2, 0.25) is 0 Å². The van der Waals surface area contributed by atoms with Crippen LogP contribution in [-0.2, 0) is 0 Å². The third-order valence-electron chi connectivity index (χ3n) is 2.79. The fourth-order valence-electron chi connectivity index (χ4n) is 1.82. The summed E-state index contributed by atoms with van der Waals surface area (Å²) in [6.07, 6.45) is 0. The second-order valence-electron chi connectivity index (χ2n) is 4.28. The van der Waals surface area contributed by atoms with Gasteiger partial charge < -0.3 is 5.32 Å². The van der Waals surface area contributed by atoms with Crippen LogP contribution in [0.25, 0.3) is 0 Å². The summed E-state index contributed by atoms with van der Waals surface area (Å²) in [6, 6.07) is 2.87. The average Bonchev–Trinajstić information content (AvgIpc) is 2.36. The summed E-state index contributed by atoms with van der Waals surface area (Å²) in [6.45, 7) is 1.40. The van der Waals surface area contributed by atoms with Gasteiger partial charge in [-0.15, -0.1) is 0 Å². The summed E-state index contributed by atoms with van der Waals surface area (Å²) >= 11 is 0. The molecule has 1 nitrogen and oxygen atoms in total. The first-order chi connectivity index (χ1) is 9.38. The Labute approximate surface area is 112 Å². The standard InChI is InChI=1S/C14H10F5N/c1-7(10-4-8(15)2-3-11(10)17)20-14-12(18)5-9(16)6-13(14)19/h2-7,20H,1H3. The van der Waals surface area contributed by atoms with Crippen LogP contribution in [-0.4, -0.2) is 0 Å². The van der Waals surface area contributed by atoms with Crippen molar-refractivity contribution in [3.05, 3.63) is 65.0 Å². The van der Waals surface area contributed by atoms with Crippen LogP contribution in [0, 0.1) is 29.1 Å². The normalized spacial score (nSPS) is 12.3. The molecule has 2 aromatic rings. The summed E-state index contributed by atoms with van der Waals surface area (Å²) in [7, 11) is 0. The van der Waals surface area contributed by atoms with Crippen LogP contribution in [0.1, 0.15) is 18.5 Å². The van der Waals surface area contributed by atoms with Gasteiger partial charge in [-0.2, -0.15) is 0 Å². The van der Waals surface area contributed by atoms with Gasteiger partial charge in [0.1, 0.15) is 23.1 Å². The van der Waals surface area contributed by atoms with Gasteiger partial charge in [0.15, 0.2) is 11.6 Å². The maximum absolute atomic E-state index is 13.5. The highest BCUT2D eigenvalue weighted by Crippen LogP contribution is 2.27. The Kier molecular flexibility index (Phi) is 3.92. The van der Waals surface area contributed by atoms with Crippen LogP contribution in [0.5, 0.6) is 0 Å². The molecule has 2 rings (SSSR count). The number of rotatable bonds is 3. The summed E-state index contributed by atoms with van der Waals surface area (Å²) < 4.78 is 66.3. The molecule has 0 saturated carbocycles. The van der Waals surface area contributed by atoms with E-state index >= 15 is 0 Å². The average molecular weight is 287 g/mol. The second kappa shape index (κ2) is 5.48. The Hall–Kier alpha value is -2.11. The molecule has 0 spiro atoms. The Morgan fingerprint density at radius 1 is 0.800 bits per heavy atom. The second-order valence-corrected chi connectivity index (χ2v) is 4.28. The minimum atomic E-state index is -1.15. The van der Waals surface area contributed by atoms with E-state index in [0.29, 0.717) is 12.1 Å². The van der Waals surface area contributed by atoms with Gasteiger partial charge in [0, 0.05) is 17.7 Å². The molecule has 1 unspecified atom stereocenters. The first kappa shape index (κ1) is 14.3. The molecule has 20 heavy (non-hydrogen) atoms. The van der Waals surface area contributed by atoms with Crippen molar-refractivity contribution >= 4 is 5.69 Å². The predicted molar refractivity (Wildman–Crippen MR) is 64.7 cm³/mol. The Bertz CT molecular complexity index is 618. The van der Waals surface area contributed by atoms with Crippen molar-refractivity contribution in [3.63, 3.8) is 0 Å². The largest absolute Gasteiger partial charge is 0.374 e. The number of halogens is 5. The molecule has 1 atom stereocenters. The van der Waals surface area contributed by atoms with Crippen LogP contribution >= 0.6 is 0 Å². The van der Waals surface area contributed by atoms with E-state index in [4.69, 9.17) is 0 Å². The molecule has 0 saturated heterocycles. The monoisotopic (exact) mass is 287 g/mol. The quantitative estimate of drug-likeness (QED) is 0.816. The molecule has 0 aliphatic rings. The molecule has 0 bridgehead atoms. The molecule has 0 heterocycles. The fraction of sp³-hybridized carbons (Fsp3) is 0.143. The zero-order chi connectivity index (χ0) is 14.9. The van der Waals surface area contributed by atoms with E-state index in [1.165, 1.54) is 6.92 Å². The van der Waals surface area contributed by atoms with Gasteiger partial charge in [-0.25, -0.2) is 22.0 Å². The highest BCUT2D eigenvalue weighted by molar-refractivity contribution is 5.48. The minimum Gasteiger partial charge on any atom is -0.374 e. The molecule has 0 fully saturated rings. The SMILES string of the molecule is CC(Nc1c(F)cc(F)cc1F)c1cc(F)ccc1F. The van der Waals surface area contributed by atoms with Gasteiger partial charge in [-0.05, 0) is 25.1 Å². The Morgan fingerprint density at radius 3 is 2.00 bits per heavy atom. The summed E-state index contributed by atoms with van der Waals surface area (Å²) in [4.78, 5) is 0. The van der Waals surface area contributed by atoms with E-state index in [1.807, 2.05) is 0 Å². The van der Waals surface area contributed by atoms with Crippen LogP contribution in [0.15, 0.2) is 30.3 Å². The molecular weight excluding hydrogens is 277 g/mol. The molecule has 0 radical (unpaired) electrons. The highest BCUT2D eigenvalue weighted by atomic mass is 19.2. The summed E-state index contributed by atoms with van der Waals surface area (Å²) in [5.74, 6) is -4.74. The first-order valence-corrected chi connectivity index (χ1v) is 5.74. The number of benzene rings is 2. The zero-order valence-corrected chi connectivity index (χ0v) is 10.4. The zero-order valence-electron chi connectivity index (χ0n) is 10.4. The van der Waals surface area contributed by atoms with Crippen LogP contribution in [0.4, 0.5) is 27.6 Å². The minimum absolute atomic E-state index is 0.0897. The third-order valence-corrected chi connectivity index (χ3v) is 2.79. The molecular formula is C14H10F5N. The lowest BCUT2D eigenvalue weighted by molar-refractivity contribution is 0.542. The topological polar surface area (TPSA) is 12.0 Å². The molecule has 0 amide bonds. The van der Waals surface area contributed by atoms with E-state index in [1.54, 1.807) is 0 Å². The van der Waals surface area contributed by atoms with Gasteiger partial charge in [0.05, 0.1) is 6.04 Å². The first-order valence-electron chi connectivity index (χ1n) is 5.74. The van der Waals surface area contributed by atoms with Crippen molar-refractivity contribution in [1.82, 2.24) is 0 Å². The number of anilines is 1. The number of nitrogens with one attached hydrogen (secondary N) is 1. The lowest BCUT2D eigenvalue weighted by Gasteiger charge is -2.17. The van der Waals surface area contributed by atoms with Crippen molar-refractivity contribution in [2.75, 3.05) is 5.32 Å². The highest BCUT2D eigenvalue weighted by Gasteiger charge is 2.17. The molecule has 1 N–H and O–H groups in total. The number of hydrogen-bond donors (Lipinski definition) is 1. The Balaban J connectivity index is 2.32. The van der Waals surface area contributed by atoms with Gasteiger partial charge in [0.25, 0.3) is 0 Å². The van der Waals surface area contributed by atoms with Gasteiger partial charge in [-0.1, -0.05) is 0 Å². The van der Waals surface area contributed by atoms with Crippen molar-refractivity contribution in [3.8, 4) is 0 Å². The Morgan fingerprint density at radius 2 is 1.40 bits per heavy atom. The lowest BCUT2D eigenvalue weighted by atomic mass is 10.1. The number of hydrogen-bond acceptors (Lipinski definition) is 1. The van der Waals surface area contributed by atoms with Crippen LogP contribution in [0.3, 0.4) is 0 Å². The fourth-order valence-corrected chi connectivity index (χ4v) is 1.82. The molecule has 0 aromatic heterocycles. The molecule has 2 aromatic carbocycles. The molecule has 106 valence electrons. The smallest absolute Gasteiger partial charge is 0.152 e. The van der Waals surface area contributed by atoms with Crippen molar-refractivity contribution in [2.24, 2.45) is 0 Å². The molecule has 6 heteroatoms. The van der Waals surface area contributed by atoms with E-state index in [9.17, 15) is 22.0 Å². The van der Waals surface area contributed by atoms with E-state index in [0.717, 1.165) is 18.2 Å². The van der Waals surface area contributed by atoms with Crippen molar-refractivity contribution in [2.45, 2.75) is 13.0 Å². The third kappa shape index (κ3) is 2.89. The van der Waals surface area contributed by atoms with Crippen LogP contribution in [0.2, 0.25) is 0 Å². The van der Waals surface area contributed by atoms with Gasteiger partial charge in [-0.3, -0.25) is 0 Å².